The van der Waals surface area contributed by atoms with E-state index in [2.05, 4.69) is 19.4 Å². The van der Waals surface area contributed by atoms with E-state index in [1.54, 1.807) is 13.8 Å². The number of carbonyl (C=O) groups excluding carboxylic acids is 2. The van der Waals surface area contributed by atoms with E-state index in [4.69, 9.17) is 4.89 Å². The summed E-state index contributed by atoms with van der Waals surface area (Å²) in [5, 5.41) is 0. The lowest BCUT2D eigenvalue weighted by molar-refractivity contribution is -0.316. The Balaban J connectivity index is 3.83. The van der Waals surface area contributed by atoms with E-state index in [9.17, 15) is 9.59 Å². The van der Waals surface area contributed by atoms with E-state index >= 15 is 0 Å². The van der Waals surface area contributed by atoms with Crippen molar-refractivity contribution in [2.75, 3.05) is 0 Å². The fraction of sp³-hybridized carbons (Fsp3) is 0.667. The molecule has 0 bridgehead atoms. The van der Waals surface area contributed by atoms with Crippen LogP contribution in [0.5, 0.6) is 0 Å². The molecule has 0 heterocycles. The third-order valence-electron chi connectivity index (χ3n) is 1.91. The van der Waals surface area contributed by atoms with E-state index in [-0.39, 0.29) is 6.10 Å². The van der Waals surface area contributed by atoms with Gasteiger partial charge in [-0.3, -0.25) is 0 Å². The second-order valence-electron chi connectivity index (χ2n) is 4.50. The van der Waals surface area contributed by atoms with Gasteiger partial charge in [-0.25, -0.2) is 14.6 Å². The number of ether oxygens (including phenoxy) is 1. The first kappa shape index (κ1) is 17.2. The molecule has 0 aliphatic carbocycles. The van der Waals surface area contributed by atoms with Crippen molar-refractivity contribution in [2.45, 2.75) is 52.7 Å². The molecule has 0 aliphatic heterocycles. The van der Waals surface area contributed by atoms with Gasteiger partial charge in [0.05, 0.1) is 12.2 Å². The number of rotatable bonds is 6. The van der Waals surface area contributed by atoms with Crippen LogP contribution in [0.4, 0.5) is 4.79 Å². The first-order valence-electron chi connectivity index (χ1n) is 5.87. The zero-order chi connectivity index (χ0) is 14.9. The zero-order valence-electron chi connectivity index (χ0n) is 11.8. The maximum Gasteiger partial charge on any atom is 0.550 e. The lowest BCUT2D eigenvalue weighted by atomic mass is 10.1. The summed E-state index contributed by atoms with van der Waals surface area (Å²) in [5.74, 6) is -0.932. The van der Waals surface area contributed by atoms with Crippen LogP contribution in [0.15, 0.2) is 12.3 Å². The minimum Gasteiger partial charge on any atom is -0.429 e. The smallest absolute Gasteiger partial charge is 0.429 e. The molecular weight excluding hydrogens is 256 g/mol. The molecule has 0 rings (SSSR count). The topological polar surface area (TPSA) is 80.3 Å². The van der Waals surface area contributed by atoms with Gasteiger partial charge in [0, 0.05) is 0 Å². The fourth-order valence-electron chi connectivity index (χ4n) is 0.615. The van der Waals surface area contributed by atoms with E-state index in [0.717, 1.165) is 18.8 Å². The summed E-state index contributed by atoms with van der Waals surface area (Å²) in [6.45, 7) is 8.83. The van der Waals surface area contributed by atoms with Crippen LogP contribution in [-0.4, -0.2) is 23.8 Å². The van der Waals surface area contributed by atoms with Crippen LogP contribution in [0.25, 0.3) is 0 Å². The third kappa shape index (κ3) is 9.90. The molecule has 0 radical (unpaired) electrons. The summed E-state index contributed by atoms with van der Waals surface area (Å²) in [6, 6.07) is 0. The molecule has 7 nitrogen and oxygen atoms in total. The normalized spacial score (nSPS) is 11.5. The highest BCUT2D eigenvalue weighted by Gasteiger charge is 2.16. The Morgan fingerprint density at radius 1 is 1.21 bits per heavy atom. The quantitative estimate of drug-likeness (QED) is 0.242. The first-order chi connectivity index (χ1) is 8.76. The van der Waals surface area contributed by atoms with Gasteiger partial charge in [-0.15, -0.1) is 0 Å². The second kappa shape index (κ2) is 8.36. The van der Waals surface area contributed by atoms with Crippen LogP contribution in [-0.2, 0) is 29.1 Å². The molecule has 0 aliphatic rings. The van der Waals surface area contributed by atoms with Crippen LogP contribution in [0.2, 0.25) is 0 Å². The molecular formula is C12H20O7. The molecule has 19 heavy (non-hydrogen) atoms. The molecule has 0 aromatic rings. The van der Waals surface area contributed by atoms with E-state index in [1.165, 1.54) is 0 Å². The molecule has 0 unspecified atom stereocenters. The summed E-state index contributed by atoms with van der Waals surface area (Å²) >= 11 is 0. The third-order valence-corrected chi connectivity index (χ3v) is 1.91. The summed E-state index contributed by atoms with van der Waals surface area (Å²) < 4.78 is 4.57. The number of hydrogen-bond acceptors (Lipinski definition) is 7. The average Bonchev–Trinajstić information content (AvgIpc) is 2.31. The van der Waals surface area contributed by atoms with Crippen LogP contribution in [0, 0.1) is 0 Å². The standard InChI is InChI=1S/C12H20O7/c1-6-12(4,5)19-15-8-7-10(13)17-18-11(14)16-9(2)3/h7-9H,6H2,1-5H3. The Bertz CT molecular complexity index is 320. The summed E-state index contributed by atoms with van der Waals surface area (Å²) in [6.07, 6.45) is 1.15. The molecule has 0 saturated heterocycles. The van der Waals surface area contributed by atoms with E-state index in [1.807, 2.05) is 20.8 Å². The molecule has 0 atom stereocenters. The maximum atomic E-state index is 11.0. The van der Waals surface area contributed by atoms with Crippen molar-refractivity contribution in [3.63, 3.8) is 0 Å². The van der Waals surface area contributed by atoms with Gasteiger partial charge in [-0.05, 0) is 34.1 Å². The lowest BCUT2D eigenvalue weighted by Crippen LogP contribution is -2.22. The van der Waals surface area contributed by atoms with Crippen molar-refractivity contribution in [3.8, 4) is 0 Å². The van der Waals surface area contributed by atoms with Gasteiger partial charge in [0.2, 0.25) is 0 Å². The highest BCUT2D eigenvalue weighted by Crippen LogP contribution is 2.13. The lowest BCUT2D eigenvalue weighted by Gasteiger charge is -2.19. The monoisotopic (exact) mass is 276 g/mol. The predicted molar refractivity (Wildman–Crippen MR) is 64.5 cm³/mol. The largest absolute Gasteiger partial charge is 0.550 e. The Morgan fingerprint density at radius 2 is 1.84 bits per heavy atom. The molecule has 0 spiro atoms. The minimum absolute atomic E-state index is 0.366. The van der Waals surface area contributed by atoms with Crippen LogP contribution in [0.3, 0.4) is 0 Å². The number of hydrogen-bond donors (Lipinski definition) is 0. The van der Waals surface area contributed by atoms with Crippen LogP contribution >= 0.6 is 0 Å². The van der Waals surface area contributed by atoms with Crippen molar-refractivity contribution in [1.29, 1.82) is 0 Å². The molecule has 7 heteroatoms. The highest BCUT2D eigenvalue weighted by atomic mass is 17.2. The van der Waals surface area contributed by atoms with Crippen LogP contribution in [0.1, 0.15) is 41.0 Å². The van der Waals surface area contributed by atoms with Crippen molar-refractivity contribution in [1.82, 2.24) is 0 Å². The Hall–Kier alpha value is -1.76. The van der Waals surface area contributed by atoms with Gasteiger partial charge in [0.15, 0.2) is 0 Å². The SMILES string of the molecule is CCC(C)(C)OOC=CC(=O)OOC(=O)OC(C)C. The van der Waals surface area contributed by atoms with Gasteiger partial charge in [0.1, 0.15) is 11.9 Å². The molecule has 0 aromatic carbocycles. The van der Waals surface area contributed by atoms with Crippen molar-refractivity contribution < 1.29 is 33.9 Å². The minimum atomic E-state index is -1.10. The van der Waals surface area contributed by atoms with E-state index < -0.39 is 17.7 Å². The van der Waals surface area contributed by atoms with Crippen LogP contribution < -0.4 is 0 Å². The summed E-state index contributed by atoms with van der Waals surface area (Å²) in [4.78, 5) is 39.8. The Morgan fingerprint density at radius 3 is 2.37 bits per heavy atom. The highest BCUT2D eigenvalue weighted by molar-refractivity contribution is 5.81. The second-order valence-corrected chi connectivity index (χ2v) is 4.50. The molecule has 0 fully saturated rings. The van der Waals surface area contributed by atoms with Gasteiger partial charge in [-0.1, -0.05) is 6.92 Å². The fourth-order valence-corrected chi connectivity index (χ4v) is 0.615. The Labute approximate surface area is 112 Å². The average molecular weight is 276 g/mol. The van der Waals surface area contributed by atoms with Crippen molar-refractivity contribution in [2.24, 2.45) is 0 Å². The molecule has 0 aromatic heterocycles. The molecule has 0 amide bonds. The van der Waals surface area contributed by atoms with Gasteiger partial charge in [0.25, 0.3) is 0 Å². The predicted octanol–water partition coefficient (Wildman–Crippen LogP) is 2.66. The van der Waals surface area contributed by atoms with Crippen molar-refractivity contribution >= 4 is 12.1 Å². The molecule has 110 valence electrons. The molecule has 0 N–H and O–H groups in total. The summed E-state index contributed by atoms with van der Waals surface area (Å²) in [5.41, 5.74) is -0.466. The maximum absolute atomic E-state index is 11.0. The van der Waals surface area contributed by atoms with E-state index in [0.29, 0.717) is 0 Å². The Kier molecular flexibility index (Phi) is 7.59. The number of carbonyl (C=O) groups is 2. The molecule has 0 saturated carbocycles. The summed E-state index contributed by atoms with van der Waals surface area (Å²) in [7, 11) is 0. The first-order valence-corrected chi connectivity index (χ1v) is 5.87. The van der Waals surface area contributed by atoms with Gasteiger partial charge < -0.3 is 9.62 Å². The zero-order valence-corrected chi connectivity index (χ0v) is 11.8. The van der Waals surface area contributed by atoms with Gasteiger partial charge >= 0.3 is 12.1 Å². The van der Waals surface area contributed by atoms with Crippen molar-refractivity contribution in [3.05, 3.63) is 12.3 Å². The van der Waals surface area contributed by atoms with Gasteiger partial charge in [-0.2, -0.15) is 9.68 Å².